The summed E-state index contributed by atoms with van der Waals surface area (Å²) in [6, 6.07) is 0. The van der Waals surface area contributed by atoms with Gasteiger partial charge >= 0.3 is 11.9 Å². The molecule has 9 heavy (non-hydrogen) atoms. The summed E-state index contributed by atoms with van der Waals surface area (Å²) in [5.74, 6) is -0.0511. The molecule has 2 N–H and O–H groups in total. The summed E-state index contributed by atoms with van der Waals surface area (Å²) in [5, 5.41) is 15.5. The summed E-state index contributed by atoms with van der Waals surface area (Å²) in [6.45, 7) is 0. The van der Waals surface area contributed by atoms with Crippen LogP contribution in [0.15, 0.2) is 0 Å². The van der Waals surface area contributed by atoms with Crippen LogP contribution in [0, 0.1) is 11.8 Å². The van der Waals surface area contributed by atoms with Gasteiger partial charge in [-0.25, -0.2) is 9.59 Å². The van der Waals surface area contributed by atoms with Gasteiger partial charge < -0.3 is 10.2 Å². The van der Waals surface area contributed by atoms with E-state index in [4.69, 9.17) is 10.2 Å². The number of carboxylic acids is 2. The predicted molar refractivity (Wildman–Crippen MR) is 23.0 cm³/mol. The van der Waals surface area contributed by atoms with Gasteiger partial charge in [0.05, 0.1) is 0 Å². The maximum absolute atomic E-state index is 9.47. The van der Waals surface area contributed by atoms with Crippen molar-refractivity contribution in [3.8, 4) is 11.8 Å². The van der Waals surface area contributed by atoms with Crippen LogP contribution in [-0.4, -0.2) is 22.2 Å². The molecule has 0 unspecified atom stereocenters. The predicted octanol–water partition coefficient (Wildman–Crippen LogP) is -0.843. The molecule has 0 aliphatic heterocycles. The van der Waals surface area contributed by atoms with Crippen molar-refractivity contribution in [2.75, 3.05) is 0 Å². The number of carbonyl (C=O) groups is 2. The van der Waals surface area contributed by atoms with Crippen LogP contribution in [0.1, 0.15) is 0 Å². The largest absolute Gasteiger partial charge is 0.472 e. The van der Waals surface area contributed by atoms with Crippen molar-refractivity contribution in [3.63, 3.8) is 0 Å². The van der Waals surface area contributed by atoms with Crippen molar-refractivity contribution in [2.45, 2.75) is 0 Å². The quantitative estimate of drug-likeness (QED) is 0.369. The standard InChI is InChI=1S/C4H2O4.Ni/c5-3(6)1-2-4(7)8;/h(H,5,6)(H,7,8);. The Hall–Kier alpha value is -1.01. The van der Waals surface area contributed by atoms with Gasteiger partial charge in [-0.2, -0.15) is 0 Å². The van der Waals surface area contributed by atoms with Gasteiger partial charge in [-0.1, -0.05) is 0 Å². The second kappa shape index (κ2) is 5.14. The van der Waals surface area contributed by atoms with Crippen LogP contribution in [0.4, 0.5) is 0 Å². The van der Waals surface area contributed by atoms with Crippen molar-refractivity contribution >= 4 is 11.9 Å². The Morgan fingerprint density at radius 1 is 1.00 bits per heavy atom. The van der Waals surface area contributed by atoms with Crippen LogP contribution in [0.2, 0.25) is 0 Å². The van der Waals surface area contributed by atoms with E-state index in [1.54, 1.807) is 0 Å². The summed E-state index contributed by atoms with van der Waals surface area (Å²) in [4.78, 5) is 18.9. The molecule has 0 rings (SSSR count). The molecule has 0 aliphatic rings. The fraction of sp³-hybridized carbons (Fsp3) is 0. The number of hydrogen-bond acceptors (Lipinski definition) is 2. The van der Waals surface area contributed by atoms with Gasteiger partial charge in [-0.15, -0.1) is 0 Å². The van der Waals surface area contributed by atoms with Gasteiger partial charge in [0.2, 0.25) is 0 Å². The third-order valence-electron chi connectivity index (χ3n) is 0.276. The minimum absolute atomic E-state index is 0. The molecule has 0 atom stereocenters. The van der Waals surface area contributed by atoms with E-state index < -0.39 is 11.9 Å². The summed E-state index contributed by atoms with van der Waals surface area (Å²) in [6.07, 6.45) is 0. The topological polar surface area (TPSA) is 74.6 Å². The molecule has 5 heteroatoms. The molecular weight excluding hydrogens is 171 g/mol. The molecule has 0 aliphatic carbocycles. The molecule has 0 aromatic carbocycles. The molecule has 0 bridgehead atoms. The Morgan fingerprint density at radius 2 is 1.22 bits per heavy atom. The monoisotopic (exact) mass is 172 g/mol. The zero-order valence-corrected chi connectivity index (χ0v) is 5.01. The van der Waals surface area contributed by atoms with Crippen LogP contribution in [0.3, 0.4) is 0 Å². The van der Waals surface area contributed by atoms with Crippen LogP contribution < -0.4 is 0 Å². The molecule has 0 saturated heterocycles. The summed E-state index contributed by atoms with van der Waals surface area (Å²) in [7, 11) is 0. The van der Waals surface area contributed by atoms with Crippen LogP contribution in [0.25, 0.3) is 0 Å². The van der Waals surface area contributed by atoms with Crippen LogP contribution in [0.5, 0.6) is 0 Å². The molecule has 0 fully saturated rings. The minimum atomic E-state index is -1.44. The molecule has 0 amide bonds. The Bertz CT molecular complexity index is 157. The van der Waals surface area contributed by atoms with E-state index in [1.807, 2.05) is 0 Å². The smallest absolute Gasteiger partial charge is 0.382 e. The molecule has 0 heterocycles. The number of hydrogen-bond donors (Lipinski definition) is 2. The van der Waals surface area contributed by atoms with E-state index in [1.165, 1.54) is 11.8 Å². The maximum atomic E-state index is 9.47. The van der Waals surface area contributed by atoms with Crippen LogP contribution >= 0.6 is 0 Å². The van der Waals surface area contributed by atoms with E-state index in [0.717, 1.165) is 0 Å². The molecule has 0 saturated carbocycles. The average Bonchev–Trinajstić information content (AvgIpc) is 1.61. The van der Waals surface area contributed by atoms with Crippen molar-refractivity contribution in [3.05, 3.63) is 0 Å². The van der Waals surface area contributed by atoms with Gasteiger partial charge in [0.25, 0.3) is 0 Å². The molecule has 4 nitrogen and oxygen atoms in total. The fourth-order valence-electron chi connectivity index (χ4n) is 0.107. The van der Waals surface area contributed by atoms with Crippen LogP contribution in [-0.2, 0) is 26.1 Å². The van der Waals surface area contributed by atoms with E-state index in [0.29, 0.717) is 0 Å². The second-order valence-corrected chi connectivity index (χ2v) is 0.860. The first-order valence-corrected chi connectivity index (χ1v) is 1.61. The SMILES string of the molecule is O=C(O)C#CC(=O)O.[Ni]. The van der Waals surface area contributed by atoms with Crippen molar-refractivity contribution in [2.24, 2.45) is 0 Å². The van der Waals surface area contributed by atoms with E-state index >= 15 is 0 Å². The Kier molecular flexibility index (Phi) is 6.21. The Morgan fingerprint density at radius 3 is 1.33 bits per heavy atom. The van der Waals surface area contributed by atoms with Crippen molar-refractivity contribution < 1.29 is 36.3 Å². The van der Waals surface area contributed by atoms with Gasteiger partial charge in [-0.05, 0) is 0 Å². The van der Waals surface area contributed by atoms with E-state index in [9.17, 15) is 9.59 Å². The molecular formula is C4H2NiO4. The molecule has 52 valence electrons. The first-order chi connectivity index (χ1) is 3.63. The first-order valence-electron chi connectivity index (χ1n) is 1.61. The first kappa shape index (κ1) is 10.9. The summed E-state index contributed by atoms with van der Waals surface area (Å²) >= 11 is 0. The molecule has 0 spiro atoms. The van der Waals surface area contributed by atoms with Gasteiger partial charge in [0, 0.05) is 28.3 Å². The third kappa shape index (κ3) is 10.9. The number of aliphatic carboxylic acids is 2. The van der Waals surface area contributed by atoms with E-state index in [-0.39, 0.29) is 16.5 Å². The number of rotatable bonds is 0. The molecule has 0 radical (unpaired) electrons. The molecule has 0 aromatic heterocycles. The number of carboxylic acid groups (broad SMARTS) is 2. The average molecular weight is 173 g/mol. The maximum Gasteiger partial charge on any atom is 0.382 e. The molecule has 0 aromatic rings. The van der Waals surface area contributed by atoms with Crippen molar-refractivity contribution in [1.29, 1.82) is 0 Å². The zero-order chi connectivity index (χ0) is 6.57. The Labute approximate surface area is 60.8 Å². The summed E-state index contributed by atoms with van der Waals surface area (Å²) in [5.41, 5.74) is 0. The van der Waals surface area contributed by atoms with Gasteiger partial charge in [0.1, 0.15) is 0 Å². The second-order valence-electron chi connectivity index (χ2n) is 0.860. The minimum Gasteiger partial charge on any atom is -0.472 e. The van der Waals surface area contributed by atoms with Gasteiger partial charge in [0.15, 0.2) is 0 Å². The Balaban J connectivity index is 0. The van der Waals surface area contributed by atoms with E-state index in [2.05, 4.69) is 0 Å². The van der Waals surface area contributed by atoms with Crippen molar-refractivity contribution in [1.82, 2.24) is 0 Å². The zero-order valence-electron chi connectivity index (χ0n) is 4.03. The fourth-order valence-corrected chi connectivity index (χ4v) is 0.107. The van der Waals surface area contributed by atoms with Gasteiger partial charge in [-0.3, -0.25) is 0 Å². The summed E-state index contributed by atoms with van der Waals surface area (Å²) < 4.78 is 0. The third-order valence-corrected chi connectivity index (χ3v) is 0.276. The normalized spacial score (nSPS) is 5.78.